The van der Waals surface area contributed by atoms with Crippen molar-refractivity contribution in [3.05, 3.63) is 83.2 Å². The SMILES string of the molecule is COc1cnc(N2C(=O)C(C(N)=O)=C(c3ccc(C)cc3)C[C@]2(c2ccc(OCCCC(F)(F)F)cc2)C(F)(F)F)cn1. The van der Waals surface area contributed by atoms with Crippen LogP contribution in [0.5, 0.6) is 11.6 Å². The zero-order chi connectivity index (χ0) is 31.6. The van der Waals surface area contributed by atoms with Crippen LogP contribution >= 0.6 is 0 Å². The summed E-state index contributed by atoms with van der Waals surface area (Å²) in [7, 11) is 1.27. The summed E-state index contributed by atoms with van der Waals surface area (Å²) in [6.45, 7) is 1.44. The van der Waals surface area contributed by atoms with Crippen molar-refractivity contribution in [3.63, 3.8) is 0 Å². The second-order valence-corrected chi connectivity index (χ2v) is 9.77. The predicted molar refractivity (Wildman–Crippen MR) is 143 cm³/mol. The molecule has 2 heterocycles. The van der Waals surface area contributed by atoms with E-state index in [1.807, 2.05) is 0 Å². The highest BCUT2D eigenvalue weighted by molar-refractivity contribution is 6.29. The zero-order valence-corrected chi connectivity index (χ0v) is 22.9. The number of methoxy groups -OCH3 is 1. The van der Waals surface area contributed by atoms with Gasteiger partial charge in [0, 0.05) is 12.8 Å². The summed E-state index contributed by atoms with van der Waals surface area (Å²) >= 11 is 0. The highest BCUT2D eigenvalue weighted by atomic mass is 19.4. The number of carbonyl (C=O) groups is 2. The van der Waals surface area contributed by atoms with Gasteiger partial charge in [-0.05, 0) is 42.2 Å². The summed E-state index contributed by atoms with van der Waals surface area (Å²) in [5, 5.41) is 0. The number of hydrogen-bond acceptors (Lipinski definition) is 6. The number of anilines is 1. The van der Waals surface area contributed by atoms with Gasteiger partial charge in [0.2, 0.25) is 5.88 Å². The quantitative estimate of drug-likeness (QED) is 0.191. The first kappa shape index (κ1) is 31.3. The van der Waals surface area contributed by atoms with Crippen LogP contribution in [-0.2, 0) is 15.1 Å². The van der Waals surface area contributed by atoms with Crippen molar-refractivity contribution >= 4 is 23.2 Å². The van der Waals surface area contributed by atoms with Crippen LogP contribution in [0.3, 0.4) is 0 Å². The van der Waals surface area contributed by atoms with E-state index in [4.69, 9.17) is 15.2 Å². The van der Waals surface area contributed by atoms with E-state index in [2.05, 4.69) is 9.97 Å². The van der Waals surface area contributed by atoms with E-state index < -0.39 is 59.5 Å². The Balaban J connectivity index is 1.89. The first-order valence-electron chi connectivity index (χ1n) is 12.9. The summed E-state index contributed by atoms with van der Waals surface area (Å²) in [5.41, 5.74) is 2.13. The number of benzene rings is 2. The first-order valence-corrected chi connectivity index (χ1v) is 12.9. The number of primary amides is 1. The van der Waals surface area contributed by atoms with Crippen molar-refractivity contribution in [1.82, 2.24) is 9.97 Å². The van der Waals surface area contributed by atoms with Crippen molar-refractivity contribution in [2.75, 3.05) is 18.6 Å². The number of aromatic nitrogens is 2. The lowest BCUT2D eigenvalue weighted by Crippen LogP contribution is -2.62. The van der Waals surface area contributed by atoms with Crippen LogP contribution in [0.25, 0.3) is 5.57 Å². The van der Waals surface area contributed by atoms with E-state index in [1.165, 1.54) is 19.2 Å². The van der Waals surface area contributed by atoms with Gasteiger partial charge in [-0.1, -0.05) is 42.0 Å². The number of nitrogens with two attached hydrogens (primary N) is 1. The van der Waals surface area contributed by atoms with E-state index in [0.717, 1.165) is 42.2 Å². The van der Waals surface area contributed by atoms with Gasteiger partial charge in [-0.25, -0.2) is 9.97 Å². The normalized spacial score (nSPS) is 17.7. The number of halogens is 6. The Morgan fingerprint density at radius 2 is 1.65 bits per heavy atom. The molecule has 0 spiro atoms. The number of nitrogens with zero attached hydrogens (tertiary/aromatic N) is 3. The fourth-order valence-electron chi connectivity index (χ4n) is 4.83. The van der Waals surface area contributed by atoms with Gasteiger partial charge >= 0.3 is 12.4 Å². The average Bonchev–Trinajstić information content (AvgIpc) is 2.94. The van der Waals surface area contributed by atoms with Crippen LogP contribution in [0.4, 0.5) is 32.2 Å². The maximum absolute atomic E-state index is 15.5. The van der Waals surface area contributed by atoms with Gasteiger partial charge in [-0.3, -0.25) is 14.5 Å². The number of rotatable bonds is 9. The smallest absolute Gasteiger partial charge is 0.416 e. The maximum Gasteiger partial charge on any atom is 0.416 e. The number of ether oxygens (including phenoxy) is 2. The third-order valence-corrected chi connectivity index (χ3v) is 6.91. The molecule has 0 fully saturated rings. The highest BCUT2D eigenvalue weighted by Gasteiger charge is 2.65. The molecule has 2 N–H and O–H groups in total. The van der Waals surface area contributed by atoms with Crippen molar-refractivity contribution in [3.8, 4) is 11.6 Å². The Kier molecular flexibility index (Phi) is 8.69. The Bertz CT molecular complexity index is 1500. The molecular formula is C29H26F6N4O4. The molecule has 14 heteroatoms. The molecule has 4 rings (SSSR count). The maximum atomic E-state index is 15.5. The lowest BCUT2D eigenvalue weighted by Gasteiger charge is -2.48. The summed E-state index contributed by atoms with van der Waals surface area (Å²) < 4.78 is 94.2. The molecule has 2 amide bonds. The van der Waals surface area contributed by atoms with E-state index in [-0.39, 0.29) is 35.8 Å². The lowest BCUT2D eigenvalue weighted by molar-refractivity contribution is -0.192. The number of alkyl halides is 6. The van der Waals surface area contributed by atoms with E-state index in [9.17, 15) is 22.8 Å². The number of amides is 2. The molecule has 0 saturated heterocycles. The zero-order valence-electron chi connectivity index (χ0n) is 22.9. The monoisotopic (exact) mass is 608 g/mol. The predicted octanol–water partition coefficient (Wildman–Crippen LogP) is 5.65. The van der Waals surface area contributed by atoms with E-state index in [1.54, 1.807) is 19.1 Å². The largest absolute Gasteiger partial charge is 0.494 e. The van der Waals surface area contributed by atoms with E-state index in [0.29, 0.717) is 4.90 Å². The van der Waals surface area contributed by atoms with Crippen molar-refractivity contribution < 1.29 is 45.4 Å². The van der Waals surface area contributed by atoms with Gasteiger partial charge in [0.25, 0.3) is 11.8 Å². The average molecular weight is 609 g/mol. The molecule has 228 valence electrons. The summed E-state index contributed by atoms with van der Waals surface area (Å²) in [6, 6.07) is 10.7. The minimum atomic E-state index is -5.17. The van der Waals surface area contributed by atoms with E-state index >= 15 is 13.2 Å². The van der Waals surface area contributed by atoms with Crippen LogP contribution in [0.1, 0.15) is 36.0 Å². The van der Waals surface area contributed by atoms with Crippen molar-refractivity contribution in [1.29, 1.82) is 0 Å². The van der Waals surface area contributed by atoms with Gasteiger partial charge in [-0.15, -0.1) is 0 Å². The minimum absolute atomic E-state index is 0.0216. The minimum Gasteiger partial charge on any atom is -0.494 e. The molecular weight excluding hydrogens is 582 g/mol. The van der Waals surface area contributed by atoms with Gasteiger partial charge in [0.1, 0.15) is 11.3 Å². The number of carbonyl (C=O) groups excluding carboxylic acids is 2. The fraction of sp³-hybridized carbons (Fsp3) is 0.310. The molecule has 1 aliphatic heterocycles. The second-order valence-electron chi connectivity index (χ2n) is 9.77. The van der Waals surface area contributed by atoms with Gasteiger partial charge in [0.05, 0.1) is 26.1 Å². The topological polar surface area (TPSA) is 108 Å². The molecule has 0 unspecified atom stereocenters. The molecule has 2 aromatic carbocycles. The van der Waals surface area contributed by atoms with Crippen LogP contribution < -0.4 is 20.1 Å². The Morgan fingerprint density at radius 1 is 1.00 bits per heavy atom. The molecule has 3 aromatic rings. The van der Waals surface area contributed by atoms with Gasteiger partial charge in [-0.2, -0.15) is 26.3 Å². The molecule has 1 atom stereocenters. The fourth-order valence-corrected chi connectivity index (χ4v) is 4.83. The molecule has 0 radical (unpaired) electrons. The van der Waals surface area contributed by atoms with Gasteiger partial charge < -0.3 is 15.2 Å². The van der Waals surface area contributed by atoms with Crippen molar-refractivity contribution in [2.24, 2.45) is 5.73 Å². The first-order chi connectivity index (χ1) is 20.2. The summed E-state index contributed by atoms with van der Waals surface area (Å²) in [6.07, 6.45) is -9.98. The van der Waals surface area contributed by atoms with Crippen LogP contribution in [0.15, 0.2) is 66.5 Å². The Morgan fingerprint density at radius 3 is 2.16 bits per heavy atom. The molecule has 43 heavy (non-hydrogen) atoms. The Labute approximate surface area is 242 Å². The van der Waals surface area contributed by atoms with Crippen LogP contribution in [0, 0.1) is 6.92 Å². The summed E-state index contributed by atoms with van der Waals surface area (Å²) in [4.78, 5) is 34.8. The third kappa shape index (κ3) is 6.42. The number of hydrogen-bond donors (Lipinski definition) is 1. The third-order valence-electron chi connectivity index (χ3n) is 6.91. The van der Waals surface area contributed by atoms with Crippen LogP contribution in [-0.4, -0.2) is 47.9 Å². The molecule has 8 nitrogen and oxygen atoms in total. The molecule has 1 aliphatic rings. The summed E-state index contributed by atoms with van der Waals surface area (Å²) in [5.74, 6) is -3.13. The highest BCUT2D eigenvalue weighted by Crippen LogP contribution is 2.54. The second kappa shape index (κ2) is 11.9. The molecule has 1 aromatic heterocycles. The lowest BCUT2D eigenvalue weighted by atomic mass is 9.74. The molecule has 0 bridgehead atoms. The van der Waals surface area contributed by atoms with Gasteiger partial charge in [0.15, 0.2) is 11.4 Å². The molecule has 0 saturated carbocycles. The van der Waals surface area contributed by atoms with Crippen molar-refractivity contribution in [2.45, 2.75) is 44.1 Å². The standard InChI is InChI=1S/C29H26F6N4O4/c1-17-4-6-18(7-5-17)21-14-27(29(33,34)35,19-8-10-20(11-9-19)43-13-3-12-28(30,31)32)39(26(41)24(21)25(36)40)22-15-38-23(42-2)16-37-22/h4-11,15-16H,3,12-14H2,1-2H3,(H2,36,40)/t27-/m0/s1. The number of aryl methyl sites for hydroxylation is 1. The molecule has 0 aliphatic carbocycles. The Hall–Kier alpha value is -4.62. The van der Waals surface area contributed by atoms with Crippen LogP contribution in [0.2, 0.25) is 0 Å².